The molecule has 0 aliphatic rings. The normalized spacial score (nSPS) is 11.2. The maximum atomic E-state index is 13.2. The van der Waals surface area contributed by atoms with Crippen LogP contribution in [0.4, 0.5) is 5.69 Å². The van der Waals surface area contributed by atoms with Gasteiger partial charge < -0.3 is 18.9 Å². The van der Waals surface area contributed by atoms with Crippen molar-refractivity contribution >= 4 is 26.6 Å². The highest BCUT2D eigenvalue weighted by molar-refractivity contribution is 7.92. The molecule has 11 heteroatoms. The van der Waals surface area contributed by atoms with E-state index in [0.29, 0.717) is 56.7 Å². The number of nitrogens with zero attached hydrogens (tertiary/aromatic N) is 3. The van der Waals surface area contributed by atoms with Gasteiger partial charge in [0.25, 0.3) is 10.0 Å². The van der Waals surface area contributed by atoms with Crippen molar-refractivity contribution in [2.45, 2.75) is 4.90 Å². The third-order valence-electron chi connectivity index (χ3n) is 5.81. The lowest BCUT2D eigenvalue weighted by Gasteiger charge is -2.15. The summed E-state index contributed by atoms with van der Waals surface area (Å²) in [5.41, 5.74) is 1.53. The molecule has 3 aromatic carbocycles. The van der Waals surface area contributed by atoms with Crippen LogP contribution in [0.25, 0.3) is 22.3 Å². The van der Waals surface area contributed by atoms with Crippen LogP contribution in [0.3, 0.4) is 0 Å². The summed E-state index contributed by atoms with van der Waals surface area (Å²) in [6.45, 7) is 0. The number of sulfonamides is 1. The Morgan fingerprint density at radius 3 is 2.13 bits per heavy atom. The Labute approximate surface area is 225 Å². The van der Waals surface area contributed by atoms with Crippen LogP contribution >= 0.6 is 0 Å². The number of hydrogen-bond acceptors (Lipinski definition) is 9. The summed E-state index contributed by atoms with van der Waals surface area (Å²) < 4.78 is 51.4. The Bertz CT molecular complexity index is 1750. The second-order valence-electron chi connectivity index (χ2n) is 8.21. The van der Waals surface area contributed by atoms with E-state index in [9.17, 15) is 8.42 Å². The molecule has 0 aliphatic heterocycles. The molecular formula is C28H24N4O6S. The summed E-state index contributed by atoms with van der Waals surface area (Å²) in [6.07, 6.45) is 4.81. The summed E-state index contributed by atoms with van der Waals surface area (Å²) in [5, 5.41) is 0.698. The number of aromatic nitrogens is 3. The number of rotatable bonds is 9. The molecule has 10 nitrogen and oxygen atoms in total. The first-order valence-electron chi connectivity index (χ1n) is 11.7. The van der Waals surface area contributed by atoms with Gasteiger partial charge in [-0.1, -0.05) is 12.1 Å². The second kappa shape index (κ2) is 10.8. The van der Waals surface area contributed by atoms with E-state index in [1.165, 1.54) is 19.2 Å². The first-order chi connectivity index (χ1) is 18.9. The van der Waals surface area contributed by atoms with Gasteiger partial charge in [-0.05, 0) is 42.5 Å². The lowest BCUT2D eigenvalue weighted by Crippen LogP contribution is -2.13. The lowest BCUT2D eigenvalue weighted by atomic mass is 10.1. The van der Waals surface area contributed by atoms with Crippen molar-refractivity contribution in [3.63, 3.8) is 0 Å². The van der Waals surface area contributed by atoms with Gasteiger partial charge in [-0.15, -0.1) is 0 Å². The number of pyridine rings is 1. The summed E-state index contributed by atoms with van der Waals surface area (Å²) in [7, 11) is 0.660. The van der Waals surface area contributed by atoms with Gasteiger partial charge in [-0.25, -0.2) is 18.4 Å². The number of methoxy groups -OCH3 is 3. The van der Waals surface area contributed by atoms with Crippen LogP contribution in [0.5, 0.6) is 28.7 Å². The molecule has 0 saturated heterocycles. The molecule has 5 rings (SSSR count). The van der Waals surface area contributed by atoms with E-state index < -0.39 is 10.0 Å². The molecule has 0 unspecified atom stereocenters. The minimum Gasteiger partial charge on any atom is -0.493 e. The molecule has 0 fully saturated rings. The van der Waals surface area contributed by atoms with E-state index in [2.05, 4.69) is 19.7 Å². The molecule has 39 heavy (non-hydrogen) atoms. The molecule has 2 aromatic heterocycles. The maximum Gasteiger partial charge on any atom is 0.261 e. The number of fused-ring (bicyclic) bond motifs is 1. The van der Waals surface area contributed by atoms with Crippen LogP contribution in [0.1, 0.15) is 0 Å². The van der Waals surface area contributed by atoms with Gasteiger partial charge in [0.2, 0.25) is 0 Å². The summed E-state index contributed by atoms with van der Waals surface area (Å²) >= 11 is 0. The molecule has 0 aliphatic carbocycles. The average Bonchev–Trinajstić information content (AvgIpc) is 2.97. The topological polar surface area (TPSA) is 122 Å². The van der Waals surface area contributed by atoms with Gasteiger partial charge in [0, 0.05) is 41.7 Å². The molecule has 1 N–H and O–H groups in total. The molecule has 0 bridgehead atoms. The molecule has 0 spiro atoms. The van der Waals surface area contributed by atoms with Crippen LogP contribution in [0.2, 0.25) is 0 Å². The van der Waals surface area contributed by atoms with E-state index in [-0.39, 0.29) is 4.90 Å². The van der Waals surface area contributed by atoms with Gasteiger partial charge in [0.1, 0.15) is 5.75 Å². The molecule has 0 atom stereocenters. The van der Waals surface area contributed by atoms with Crippen molar-refractivity contribution in [1.82, 2.24) is 15.0 Å². The van der Waals surface area contributed by atoms with E-state index in [0.717, 1.165) is 0 Å². The average molecular weight is 545 g/mol. The maximum absolute atomic E-state index is 13.2. The Balaban J connectivity index is 1.42. The smallest absolute Gasteiger partial charge is 0.261 e. The highest BCUT2D eigenvalue weighted by atomic mass is 32.2. The highest BCUT2D eigenvalue weighted by Crippen LogP contribution is 2.40. The van der Waals surface area contributed by atoms with Crippen molar-refractivity contribution < 1.29 is 27.4 Å². The van der Waals surface area contributed by atoms with E-state index in [1.807, 2.05) is 0 Å². The van der Waals surface area contributed by atoms with Gasteiger partial charge in [-0.2, -0.15) is 0 Å². The third kappa shape index (κ3) is 5.39. The molecule has 5 aromatic rings. The number of anilines is 1. The van der Waals surface area contributed by atoms with Crippen LogP contribution in [0, 0.1) is 0 Å². The number of benzene rings is 3. The van der Waals surface area contributed by atoms with E-state index in [4.69, 9.17) is 18.9 Å². The SMILES string of the molecule is COc1cc2nccc(Oc3ccc(NS(=O)(=O)c4cccc(-c5ncccn5)c4)cc3OC)c2cc1OC. The summed E-state index contributed by atoms with van der Waals surface area (Å²) in [6, 6.07) is 18.1. The molecule has 0 radical (unpaired) electrons. The monoisotopic (exact) mass is 544 g/mol. The van der Waals surface area contributed by atoms with Crippen LogP contribution in [0.15, 0.2) is 90.2 Å². The Kier molecular flexibility index (Phi) is 7.15. The summed E-state index contributed by atoms with van der Waals surface area (Å²) in [4.78, 5) is 12.8. The van der Waals surface area contributed by atoms with Gasteiger partial charge in [0.05, 0.1) is 37.4 Å². The van der Waals surface area contributed by atoms with Crippen molar-refractivity contribution in [1.29, 1.82) is 0 Å². The quantitative estimate of drug-likeness (QED) is 0.263. The van der Waals surface area contributed by atoms with E-state index in [1.54, 1.807) is 87.4 Å². The van der Waals surface area contributed by atoms with Crippen molar-refractivity contribution in [3.05, 3.63) is 85.3 Å². The van der Waals surface area contributed by atoms with Crippen LogP contribution < -0.4 is 23.7 Å². The van der Waals surface area contributed by atoms with Crippen LogP contribution in [-0.4, -0.2) is 44.7 Å². The fourth-order valence-electron chi connectivity index (χ4n) is 3.93. The van der Waals surface area contributed by atoms with Gasteiger partial charge in [-0.3, -0.25) is 9.71 Å². The molecule has 198 valence electrons. The zero-order chi connectivity index (χ0) is 27.4. The Hall–Kier alpha value is -4.90. The molecule has 0 amide bonds. The molecular weight excluding hydrogens is 520 g/mol. The minimum absolute atomic E-state index is 0.0689. The largest absolute Gasteiger partial charge is 0.493 e. The predicted molar refractivity (Wildman–Crippen MR) is 146 cm³/mol. The fraction of sp³-hybridized carbons (Fsp3) is 0.107. The van der Waals surface area contributed by atoms with Gasteiger partial charge >= 0.3 is 0 Å². The standard InChI is InChI=1S/C28H24N4O6S/c1-35-25-15-19(32-39(33,34)20-7-4-6-18(14-20)28-30-11-5-12-31-28)8-9-24(25)38-23-10-13-29-22-17-27(37-3)26(36-2)16-21(22)23/h4-17,32H,1-3H3. The Morgan fingerprint density at radius 1 is 0.667 bits per heavy atom. The van der Waals surface area contributed by atoms with E-state index >= 15 is 0 Å². The first kappa shape index (κ1) is 25.7. The number of ether oxygens (including phenoxy) is 4. The fourth-order valence-corrected chi connectivity index (χ4v) is 5.03. The minimum atomic E-state index is -3.92. The highest BCUT2D eigenvalue weighted by Gasteiger charge is 2.18. The lowest BCUT2D eigenvalue weighted by molar-refractivity contribution is 0.355. The van der Waals surface area contributed by atoms with Crippen molar-refractivity contribution in [3.8, 4) is 40.1 Å². The Morgan fingerprint density at radius 2 is 1.38 bits per heavy atom. The van der Waals surface area contributed by atoms with Crippen molar-refractivity contribution in [2.75, 3.05) is 26.1 Å². The molecule has 0 saturated carbocycles. The zero-order valence-corrected chi connectivity index (χ0v) is 22.1. The van der Waals surface area contributed by atoms with Crippen LogP contribution in [-0.2, 0) is 10.0 Å². The molecule has 2 heterocycles. The number of hydrogen-bond donors (Lipinski definition) is 1. The number of nitrogens with one attached hydrogen (secondary N) is 1. The zero-order valence-electron chi connectivity index (χ0n) is 21.3. The third-order valence-corrected chi connectivity index (χ3v) is 7.19. The summed E-state index contributed by atoms with van der Waals surface area (Å²) in [5.74, 6) is 2.72. The van der Waals surface area contributed by atoms with Gasteiger partial charge in [0.15, 0.2) is 28.8 Å². The predicted octanol–water partition coefficient (Wildman–Crippen LogP) is 5.31. The first-order valence-corrected chi connectivity index (χ1v) is 13.2. The van der Waals surface area contributed by atoms with Crippen molar-refractivity contribution in [2.24, 2.45) is 0 Å². The second-order valence-corrected chi connectivity index (χ2v) is 9.89.